The molecule has 1 aromatic heterocycles. The Kier molecular flexibility index (Phi) is 5.89. The van der Waals surface area contributed by atoms with E-state index in [-0.39, 0.29) is 11.7 Å². The van der Waals surface area contributed by atoms with Crippen LogP contribution in [0.25, 0.3) is 0 Å². The largest absolute Gasteiger partial charge is 0.463 e. The summed E-state index contributed by atoms with van der Waals surface area (Å²) in [6, 6.07) is 7.99. The maximum absolute atomic E-state index is 12.1. The first kappa shape index (κ1) is 18.2. The predicted octanol–water partition coefficient (Wildman–Crippen LogP) is 2.13. The van der Waals surface area contributed by atoms with Crippen molar-refractivity contribution in [2.24, 2.45) is 0 Å². The van der Waals surface area contributed by atoms with Gasteiger partial charge in [0, 0.05) is 17.3 Å². The number of anilines is 1. The topological polar surface area (TPSA) is 108 Å². The summed E-state index contributed by atoms with van der Waals surface area (Å²) in [7, 11) is 0. The van der Waals surface area contributed by atoms with Crippen molar-refractivity contribution in [3.05, 3.63) is 41.7 Å². The molecule has 1 amide bonds. The summed E-state index contributed by atoms with van der Waals surface area (Å²) in [5, 5.41) is 6.15. The number of amides is 1. The molecule has 132 valence electrons. The molecule has 1 aromatic carbocycles. The number of ether oxygens (including phenoxy) is 2. The van der Waals surface area contributed by atoms with Gasteiger partial charge in [-0.15, -0.1) is 0 Å². The number of aromatic nitrogens is 1. The molecule has 25 heavy (non-hydrogen) atoms. The molecule has 0 aliphatic rings. The Morgan fingerprint density at radius 1 is 1.28 bits per heavy atom. The molecule has 0 aliphatic heterocycles. The molecule has 0 saturated carbocycles. The van der Waals surface area contributed by atoms with Crippen LogP contribution < -0.4 is 10.1 Å². The van der Waals surface area contributed by atoms with Gasteiger partial charge in [-0.25, -0.2) is 4.79 Å². The third-order valence-corrected chi connectivity index (χ3v) is 3.16. The maximum atomic E-state index is 12.1. The number of benzene rings is 1. The van der Waals surface area contributed by atoms with Crippen LogP contribution in [-0.4, -0.2) is 35.5 Å². The van der Waals surface area contributed by atoms with Crippen LogP contribution >= 0.6 is 0 Å². The molecule has 0 spiro atoms. The first-order valence-electron chi connectivity index (χ1n) is 7.52. The molecule has 1 heterocycles. The predicted molar refractivity (Wildman–Crippen MR) is 87.4 cm³/mol. The minimum atomic E-state index is -1.03. The van der Waals surface area contributed by atoms with Gasteiger partial charge in [0.05, 0.1) is 0 Å². The second kappa shape index (κ2) is 8.09. The van der Waals surface area contributed by atoms with Gasteiger partial charge in [-0.3, -0.25) is 9.59 Å². The molecular formula is C17H18N2O6. The first-order chi connectivity index (χ1) is 11.8. The third kappa shape index (κ3) is 5.45. The maximum Gasteiger partial charge on any atom is 0.345 e. The van der Waals surface area contributed by atoms with Crippen molar-refractivity contribution in [2.75, 3.05) is 11.9 Å². The molecule has 1 N–H and O–H groups in total. The Hall–Kier alpha value is -3.16. The van der Waals surface area contributed by atoms with Crippen LogP contribution in [0.2, 0.25) is 0 Å². The van der Waals surface area contributed by atoms with E-state index in [0.717, 1.165) is 0 Å². The SMILES string of the molecule is CC(=O)c1cccc(NC(=O)[C@H](C)OC(=O)COc2cc(C)on2)c1. The van der Waals surface area contributed by atoms with E-state index in [9.17, 15) is 14.4 Å². The number of nitrogens with one attached hydrogen (secondary N) is 1. The molecule has 1 atom stereocenters. The third-order valence-electron chi connectivity index (χ3n) is 3.16. The highest BCUT2D eigenvalue weighted by Gasteiger charge is 2.19. The van der Waals surface area contributed by atoms with Crippen LogP contribution in [0.1, 0.15) is 30.0 Å². The summed E-state index contributed by atoms with van der Waals surface area (Å²) in [5.74, 6) is -0.653. The van der Waals surface area contributed by atoms with E-state index >= 15 is 0 Å². The van der Waals surface area contributed by atoms with Crippen LogP contribution in [-0.2, 0) is 14.3 Å². The minimum absolute atomic E-state index is 0.115. The lowest BCUT2D eigenvalue weighted by molar-refractivity contribution is -0.155. The Labute approximate surface area is 144 Å². The monoisotopic (exact) mass is 346 g/mol. The Bertz CT molecular complexity index is 783. The van der Waals surface area contributed by atoms with Gasteiger partial charge in [0.25, 0.3) is 11.8 Å². The van der Waals surface area contributed by atoms with Crippen LogP contribution in [0.3, 0.4) is 0 Å². The van der Waals surface area contributed by atoms with E-state index in [4.69, 9.17) is 14.0 Å². The van der Waals surface area contributed by atoms with Gasteiger partial charge in [0.1, 0.15) is 5.76 Å². The number of aryl methyl sites for hydroxylation is 1. The molecule has 2 rings (SSSR count). The molecule has 0 saturated heterocycles. The van der Waals surface area contributed by atoms with E-state index in [2.05, 4.69) is 10.5 Å². The summed E-state index contributed by atoms with van der Waals surface area (Å²) >= 11 is 0. The van der Waals surface area contributed by atoms with Crippen LogP contribution in [0.4, 0.5) is 5.69 Å². The van der Waals surface area contributed by atoms with Crippen molar-refractivity contribution >= 4 is 23.3 Å². The number of Topliss-reactive ketones (excluding diaryl/α,β-unsaturated/α-hetero) is 1. The molecule has 8 nitrogen and oxygen atoms in total. The van der Waals surface area contributed by atoms with Crippen molar-refractivity contribution in [3.8, 4) is 5.88 Å². The molecular weight excluding hydrogens is 328 g/mol. The van der Waals surface area contributed by atoms with Crippen molar-refractivity contribution in [1.29, 1.82) is 0 Å². The van der Waals surface area contributed by atoms with Crippen molar-refractivity contribution in [3.63, 3.8) is 0 Å². The van der Waals surface area contributed by atoms with Crippen LogP contribution in [0, 0.1) is 6.92 Å². The van der Waals surface area contributed by atoms with Crippen molar-refractivity contribution in [1.82, 2.24) is 5.16 Å². The molecule has 0 unspecified atom stereocenters. The summed E-state index contributed by atoms with van der Waals surface area (Å²) < 4.78 is 14.9. The average Bonchev–Trinajstić information content (AvgIpc) is 2.98. The number of carbonyl (C=O) groups is 3. The summed E-state index contributed by atoms with van der Waals surface area (Å²) in [6.45, 7) is 4.15. The number of rotatable bonds is 7. The van der Waals surface area contributed by atoms with Gasteiger partial charge in [-0.05, 0) is 38.1 Å². The number of esters is 1. The fraction of sp³-hybridized carbons (Fsp3) is 0.294. The number of nitrogens with zero attached hydrogens (tertiary/aromatic N) is 1. The van der Waals surface area contributed by atoms with Gasteiger partial charge in [-0.2, -0.15) is 0 Å². The van der Waals surface area contributed by atoms with Crippen LogP contribution in [0.15, 0.2) is 34.9 Å². The zero-order valence-electron chi connectivity index (χ0n) is 14.1. The van der Waals surface area contributed by atoms with E-state index in [0.29, 0.717) is 17.0 Å². The lowest BCUT2D eigenvalue weighted by Crippen LogP contribution is -2.31. The number of ketones is 1. The molecule has 2 aromatic rings. The fourth-order valence-electron chi connectivity index (χ4n) is 1.89. The Balaban J connectivity index is 1.84. The van der Waals surface area contributed by atoms with Gasteiger partial charge in [0.2, 0.25) is 0 Å². The molecule has 0 fully saturated rings. The fourth-order valence-corrected chi connectivity index (χ4v) is 1.89. The zero-order valence-corrected chi connectivity index (χ0v) is 14.1. The van der Waals surface area contributed by atoms with E-state index in [1.807, 2.05) is 0 Å². The van der Waals surface area contributed by atoms with Crippen LogP contribution in [0.5, 0.6) is 5.88 Å². The first-order valence-corrected chi connectivity index (χ1v) is 7.52. The highest BCUT2D eigenvalue weighted by Crippen LogP contribution is 2.12. The Morgan fingerprint density at radius 2 is 2.04 bits per heavy atom. The van der Waals surface area contributed by atoms with Crippen molar-refractivity contribution < 1.29 is 28.4 Å². The number of carbonyl (C=O) groups excluding carboxylic acids is 3. The molecule has 0 aliphatic carbocycles. The summed E-state index contributed by atoms with van der Waals surface area (Å²) in [5.41, 5.74) is 0.911. The lowest BCUT2D eigenvalue weighted by atomic mass is 10.1. The summed E-state index contributed by atoms with van der Waals surface area (Å²) in [6.07, 6.45) is -1.03. The summed E-state index contributed by atoms with van der Waals surface area (Å²) in [4.78, 5) is 35.1. The smallest absolute Gasteiger partial charge is 0.345 e. The second-order valence-electron chi connectivity index (χ2n) is 5.32. The molecule has 8 heteroatoms. The Morgan fingerprint density at radius 3 is 2.68 bits per heavy atom. The van der Waals surface area contributed by atoms with E-state index in [1.165, 1.54) is 19.9 Å². The highest BCUT2D eigenvalue weighted by atomic mass is 16.6. The van der Waals surface area contributed by atoms with Gasteiger partial charge >= 0.3 is 5.97 Å². The van der Waals surface area contributed by atoms with Crippen molar-refractivity contribution in [2.45, 2.75) is 26.9 Å². The van der Waals surface area contributed by atoms with Gasteiger partial charge in [0.15, 0.2) is 18.5 Å². The average molecular weight is 346 g/mol. The number of hydrogen-bond acceptors (Lipinski definition) is 7. The van der Waals surface area contributed by atoms with E-state index < -0.39 is 24.6 Å². The molecule has 0 bridgehead atoms. The minimum Gasteiger partial charge on any atom is -0.463 e. The quantitative estimate of drug-likeness (QED) is 0.604. The normalized spacial score (nSPS) is 11.5. The zero-order chi connectivity index (χ0) is 18.4. The van der Waals surface area contributed by atoms with E-state index in [1.54, 1.807) is 31.2 Å². The second-order valence-corrected chi connectivity index (χ2v) is 5.32. The van der Waals surface area contributed by atoms with Gasteiger partial charge < -0.3 is 19.3 Å². The highest BCUT2D eigenvalue weighted by molar-refractivity contribution is 5.98. The lowest BCUT2D eigenvalue weighted by Gasteiger charge is -2.13. The molecule has 0 radical (unpaired) electrons. The van der Waals surface area contributed by atoms with Gasteiger partial charge in [-0.1, -0.05) is 12.1 Å². The number of hydrogen-bond donors (Lipinski definition) is 1. The standard InChI is InChI=1S/C17H18N2O6/c1-10-7-15(19-25-10)23-9-16(21)24-12(3)17(22)18-14-6-4-5-13(8-14)11(2)20/h4-8,12H,9H2,1-3H3,(H,18,22)/t12-/m0/s1.